The number of carbonyl (C=O) groups excluding carboxylic acids is 1. The van der Waals surface area contributed by atoms with Crippen LogP contribution in [0, 0.1) is 0 Å². The second-order valence-electron chi connectivity index (χ2n) is 7.14. The Balaban J connectivity index is 1.67. The van der Waals surface area contributed by atoms with Crippen LogP contribution in [0.5, 0.6) is 5.75 Å². The summed E-state index contributed by atoms with van der Waals surface area (Å²) in [6.07, 6.45) is 2.09. The zero-order valence-corrected chi connectivity index (χ0v) is 15.7. The Kier molecular flexibility index (Phi) is 6.29. The standard InChI is InChI=1S/C22H28N2O2/c1-17(2)26-21-10-6-9-19(13-21)16-24-20(14-23-15-22(24)25)12-11-18-7-4-3-5-8-18/h3-10,13,17,20,23H,11-12,14-16H2,1-2H3/t20-/m0/s1. The monoisotopic (exact) mass is 352 g/mol. The van der Waals surface area contributed by atoms with Gasteiger partial charge in [0, 0.05) is 19.1 Å². The summed E-state index contributed by atoms with van der Waals surface area (Å²) in [6.45, 7) is 5.94. The van der Waals surface area contributed by atoms with Crippen LogP contribution in [0.2, 0.25) is 0 Å². The number of ether oxygens (including phenoxy) is 1. The van der Waals surface area contributed by atoms with E-state index in [4.69, 9.17) is 4.74 Å². The largest absolute Gasteiger partial charge is 0.491 e. The number of hydrogen-bond acceptors (Lipinski definition) is 3. The Bertz CT molecular complexity index is 715. The quantitative estimate of drug-likeness (QED) is 0.830. The van der Waals surface area contributed by atoms with Crippen molar-refractivity contribution in [2.24, 2.45) is 0 Å². The molecular formula is C22H28N2O2. The molecule has 1 heterocycles. The topological polar surface area (TPSA) is 41.6 Å². The highest BCUT2D eigenvalue weighted by Crippen LogP contribution is 2.20. The van der Waals surface area contributed by atoms with Crippen molar-refractivity contribution in [3.8, 4) is 5.75 Å². The van der Waals surface area contributed by atoms with Gasteiger partial charge in [0.05, 0.1) is 12.6 Å². The van der Waals surface area contributed by atoms with Crippen LogP contribution in [0.3, 0.4) is 0 Å². The van der Waals surface area contributed by atoms with Gasteiger partial charge in [-0.05, 0) is 49.9 Å². The molecule has 0 unspecified atom stereocenters. The van der Waals surface area contributed by atoms with Gasteiger partial charge in [0.15, 0.2) is 0 Å². The highest BCUT2D eigenvalue weighted by Gasteiger charge is 2.27. The molecule has 1 aliphatic heterocycles. The SMILES string of the molecule is CC(C)Oc1cccc(CN2C(=O)CNC[C@@H]2CCc2ccccc2)c1. The maximum absolute atomic E-state index is 12.5. The maximum Gasteiger partial charge on any atom is 0.237 e. The molecule has 1 aliphatic rings. The molecule has 1 saturated heterocycles. The minimum Gasteiger partial charge on any atom is -0.491 e. The lowest BCUT2D eigenvalue weighted by Gasteiger charge is -2.36. The molecule has 26 heavy (non-hydrogen) atoms. The Morgan fingerprint density at radius 1 is 1.12 bits per heavy atom. The van der Waals surface area contributed by atoms with Crippen molar-refractivity contribution >= 4 is 5.91 Å². The van der Waals surface area contributed by atoms with E-state index in [-0.39, 0.29) is 18.1 Å². The summed E-state index contributed by atoms with van der Waals surface area (Å²) in [4.78, 5) is 14.5. The molecule has 0 spiro atoms. The second-order valence-corrected chi connectivity index (χ2v) is 7.14. The normalized spacial score (nSPS) is 17.6. The average molecular weight is 352 g/mol. The lowest BCUT2D eigenvalue weighted by molar-refractivity contribution is -0.135. The number of benzene rings is 2. The lowest BCUT2D eigenvalue weighted by Crippen LogP contribution is -2.54. The number of hydrogen-bond donors (Lipinski definition) is 1. The van der Waals surface area contributed by atoms with E-state index in [1.807, 2.05) is 43.0 Å². The van der Waals surface area contributed by atoms with Crippen LogP contribution in [-0.2, 0) is 17.8 Å². The minimum absolute atomic E-state index is 0.143. The molecule has 2 aromatic rings. The smallest absolute Gasteiger partial charge is 0.237 e. The van der Waals surface area contributed by atoms with Crippen LogP contribution in [0.1, 0.15) is 31.4 Å². The van der Waals surface area contributed by atoms with Gasteiger partial charge in [-0.3, -0.25) is 4.79 Å². The molecule has 0 bridgehead atoms. The summed E-state index contributed by atoms with van der Waals surface area (Å²) >= 11 is 0. The van der Waals surface area contributed by atoms with E-state index in [1.165, 1.54) is 5.56 Å². The predicted octanol–water partition coefficient (Wildman–Crippen LogP) is 3.41. The molecule has 0 aromatic heterocycles. The van der Waals surface area contributed by atoms with Crippen molar-refractivity contribution in [2.45, 2.75) is 45.4 Å². The Hall–Kier alpha value is -2.33. The van der Waals surface area contributed by atoms with Crippen molar-refractivity contribution < 1.29 is 9.53 Å². The molecule has 1 N–H and O–H groups in total. The molecule has 1 fully saturated rings. The van der Waals surface area contributed by atoms with E-state index in [1.54, 1.807) is 0 Å². The van der Waals surface area contributed by atoms with E-state index in [2.05, 4.69) is 35.6 Å². The summed E-state index contributed by atoms with van der Waals surface area (Å²) in [7, 11) is 0. The molecule has 2 aromatic carbocycles. The first-order chi connectivity index (χ1) is 12.6. The zero-order valence-electron chi connectivity index (χ0n) is 15.7. The van der Waals surface area contributed by atoms with E-state index >= 15 is 0 Å². The van der Waals surface area contributed by atoms with Crippen molar-refractivity contribution in [1.29, 1.82) is 0 Å². The average Bonchev–Trinajstić information content (AvgIpc) is 2.63. The van der Waals surface area contributed by atoms with Gasteiger partial charge in [0.2, 0.25) is 5.91 Å². The fourth-order valence-electron chi connectivity index (χ4n) is 3.40. The molecule has 0 saturated carbocycles. The first-order valence-electron chi connectivity index (χ1n) is 9.41. The Morgan fingerprint density at radius 3 is 2.65 bits per heavy atom. The van der Waals surface area contributed by atoms with Crippen molar-refractivity contribution in [1.82, 2.24) is 10.2 Å². The van der Waals surface area contributed by atoms with Crippen molar-refractivity contribution in [2.75, 3.05) is 13.1 Å². The fourth-order valence-corrected chi connectivity index (χ4v) is 3.40. The van der Waals surface area contributed by atoms with Gasteiger partial charge in [-0.25, -0.2) is 0 Å². The summed E-state index contributed by atoms with van der Waals surface area (Å²) in [5, 5.41) is 3.26. The molecule has 3 rings (SSSR count). The predicted molar refractivity (Wildman–Crippen MR) is 104 cm³/mol. The van der Waals surface area contributed by atoms with Crippen LogP contribution in [-0.4, -0.2) is 36.0 Å². The van der Waals surface area contributed by atoms with E-state index in [0.29, 0.717) is 13.1 Å². The van der Waals surface area contributed by atoms with Crippen molar-refractivity contribution in [3.05, 3.63) is 65.7 Å². The maximum atomic E-state index is 12.5. The van der Waals surface area contributed by atoms with Gasteiger partial charge in [-0.1, -0.05) is 42.5 Å². The van der Waals surface area contributed by atoms with Crippen LogP contribution >= 0.6 is 0 Å². The number of nitrogens with one attached hydrogen (secondary N) is 1. The molecule has 0 radical (unpaired) electrons. The first kappa shape index (κ1) is 18.5. The van der Waals surface area contributed by atoms with Crippen molar-refractivity contribution in [3.63, 3.8) is 0 Å². The number of carbonyl (C=O) groups is 1. The molecule has 0 aliphatic carbocycles. The van der Waals surface area contributed by atoms with Crippen LogP contribution in [0.4, 0.5) is 0 Å². The third-order valence-corrected chi connectivity index (χ3v) is 4.65. The zero-order chi connectivity index (χ0) is 18.4. The molecule has 1 amide bonds. The molecule has 4 nitrogen and oxygen atoms in total. The van der Waals surface area contributed by atoms with Gasteiger partial charge in [-0.2, -0.15) is 0 Å². The minimum atomic E-state index is 0.143. The number of nitrogens with zero attached hydrogens (tertiary/aromatic N) is 1. The molecule has 1 atom stereocenters. The summed E-state index contributed by atoms with van der Waals surface area (Å²) in [5.41, 5.74) is 2.43. The fraction of sp³-hybridized carbons (Fsp3) is 0.409. The van der Waals surface area contributed by atoms with Crippen LogP contribution in [0.25, 0.3) is 0 Å². The van der Waals surface area contributed by atoms with E-state index in [0.717, 1.165) is 30.7 Å². The first-order valence-corrected chi connectivity index (χ1v) is 9.41. The highest BCUT2D eigenvalue weighted by molar-refractivity contribution is 5.79. The lowest BCUT2D eigenvalue weighted by atomic mass is 10.0. The summed E-state index contributed by atoms with van der Waals surface area (Å²) < 4.78 is 5.79. The van der Waals surface area contributed by atoms with Gasteiger partial charge < -0.3 is 15.0 Å². The van der Waals surface area contributed by atoms with Gasteiger partial charge in [0.25, 0.3) is 0 Å². The van der Waals surface area contributed by atoms with Crippen LogP contribution < -0.4 is 10.1 Å². The van der Waals surface area contributed by atoms with E-state index in [9.17, 15) is 4.79 Å². The van der Waals surface area contributed by atoms with E-state index < -0.39 is 0 Å². The third kappa shape index (κ3) is 5.09. The van der Waals surface area contributed by atoms with Crippen LogP contribution in [0.15, 0.2) is 54.6 Å². The van der Waals surface area contributed by atoms with Gasteiger partial charge in [0.1, 0.15) is 5.75 Å². The molecular weight excluding hydrogens is 324 g/mol. The number of amides is 1. The Morgan fingerprint density at radius 2 is 1.88 bits per heavy atom. The summed E-state index contributed by atoms with van der Waals surface area (Å²) in [6, 6.07) is 18.8. The second kappa shape index (κ2) is 8.86. The number of aryl methyl sites for hydroxylation is 1. The Labute approximate surface area is 156 Å². The van der Waals surface area contributed by atoms with Gasteiger partial charge in [-0.15, -0.1) is 0 Å². The van der Waals surface area contributed by atoms with Gasteiger partial charge >= 0.3 is 0 Å². The third-order valence-electron chi connectivity index (χ3n) is 4.65. The summed E-state index contributed by atoms with van der Waals surface area (Å²) in [5.74, 6) is 1.03. The number of rotatable bonds is 7. The number of piperazine rings is 1. The molecule has 138 valence electrons. The highest BCUT2D eigenvalue weighted by atomic mass is 16.5. The molecule has 4 heteroatoms.